The molecule has 0 radical (unpaired) electrons. The number of nitrogens with one attached hydrogen (secondary N) is 1. The van der Waals surface area contributed by atoms with Crippen molar-refractivity contribution < 1.29 is 4.79 Å². The second-order valence-corrected chi connectivity index (χ2v) is 4.32. The third kappa shape index (κ3) is 3.32. The number of anilines is 1. The summed E-state index contributed by atoms with van der Waals surface area (Å²) in [7, 11) is 0. The lowest BCUT2D eigenvalue weighted by molar-refractivity contribution is 0.0956. The molecule has 0 aliphatic rings. The van der Waals surface area contributed by atoms with Gasteiger partial charge in [0.15, 0.2) is 0 Å². The number of carbonyl (C=O) groups excluding carboxylic acids is 1. The first kappa shape index (κ1) is 12.2. The number of amides is 1. The summed E-state index contributed by atoms with van der Waals surface area (Å²) in [5, 5.41) is 3.09. The summed E-state index contributed by atoms with van der Waals surface area (Å²) in [6.45, 7) is 0.630. The van der Waals surface area contributed by atoms with Crippen molar-refractivity contribution in [1.82, 2.24) is 5.32 Å². The lowest BCUT2D eigenvalue weighted by atomic mass is 10.2. The molecule has 0 unspecified atom stereocenters. The average Bonchev–Trinajstić information content (AvgIpc) is 2.22. The quantitative estimate of drug-likeness (QED) is 0.629. The van der Waals surface area contributed by atoms with Crippen LogP contribution >= 0.6 is 23.4 Å². The maximum absolute atomic E-state index is 11.6. The second kappa shape index (κ2) is 5.88. The standard InChI is InChI=1S/C10H13ClN2OS/c1-15-6-5-13-10(14)7-3-2-4-8(12)9(7)11/h2-4H,5-6,12H2,1H3,(H,13,14). The van der Waals surface area contributed by atoms with Gasteiger partial charge in [0.2, 0.25) is 0 Å². The van der Waals surface area contributed by atoms with Crippen LogP contribution < -0.4 is 11.1 Å². The Morgan fingerprint density at radius 3 is 3.00 bits per heavy atom. The molecule has 0 aliphatic carbocycles. The van der Waals surface area contributed by atoms with Crippen LogP contribution in [0, 0.1) is 0 Å². The molecule has 15 heavy (non-hydrogen) atoms. The molecule has 0 spiro atoms. The van der Waals surface area contributed by atoms with Gasteiger partial charge in [-0.05, 0) is 18.4 Å². The van der Waals surface area contributed by atoms with Crippen LogP contribution in [0.1, 0.15) is 10.4 Å². The van der Waals surface area contributed by atoms with Gasteiger partial charge in [-0.2, -0.15) is 11.8 Å². The minimum absolute atomic E-state index is 0.179. The van der Waals surface area contributed by atoms with Gasteiger partial charge in [0.1, 0.15) is 0 Å². The van der Waals surface area contributed by atoms with Crippen LogP contribution in [-0.2, 0) is 0 Å². The van der Waals surface area contributed by atoms with Gasteiger partial charge < -0.3 is 11.1 Å². The molecule has 1 rings (SSSR count). The van der Waals surface area contributed by atoms with E-state index >= 15 is 0 Å². The fourth-order valence-electron chi connectivity index (χ4n) is 1.09. The van der Waals surface area contributed by atoms with Gasteiger partial charge in [-0.25, -0.2) is 0 Å². The first-order chi connectivity index (χ1) is 7.16. The van der Waals surface area contributed by atoms with E-state index < -0.39 is 0 Å². The second-order valence-electron chi connectivity index (χ2n) is 2.96. The molecule has 0 bridgehead atoms. The highest BCUT2D eigenvalue weighted by molar-refractivity contribution is 7.98. The Bertz CT molecular complexity index is 357. The van der Waals surface area contributed by atoms with Gasteiger partial charge in [-0.1, -0.05) is 17.7 Å². The highest BCUT2D eigenvalue weighted by Crippen LogP contribution is 2.22. The van der Waals surface area contributed by atoms with E-state index in [1.54, 1.807) is 30.0 Å². The molecule has 1 aromatic carbocycles. The van der Waals surface area contributed by atoms with Crippen molar-refractivity contribution in [2.45, 2.75) is 0 Å². The predicted octanol–water partition coefficient (Wildman–Crippen LogP) is 2.02. The highest BCUT2D eigenvalue weighted by Gasteiger charge is 2.10. The highest BCUT2D eigenvalue weighted by atomic mass is 35.5. The largest absolute Gasteiger partial charge is 0.398 e. The van der Waals surface area contributed by atoms with E-state index in [2.05, 4.69) is 5.32 Å². The van der Waals surface area contributed by atoms with Gasteiger partial charge >= 0.3 is 0 Å². The Morgan fingerprint density at radius 2 is 2.33 bits per heavy atom. The van der Waals surface area contributed by atoms with Gasteiger partial charge in [0, 0.05) is 12.3 Å². The van der Waals surface area contributed by atoms with E-state index in [-0.39, 0.29) is 5.91 Å². The summed E-state index contributed by atoms with van der Waals surface area (Å²) >= 11 is 7.58. The molecule has 0 fully saturated rings. The fraction of sp³-hybridized carbons (Fsp3) is 0.300. The predicted molar refractivity (Wildman–Crippen MR) is 66.6 cm³/mol. The van der Waals surface area contributed by atoms with Crippen LogP contribution in [0.2, 0.25) is 5.02 Å². The molecule has 0 saturated heterocycles. The zero-order chi connectivity index (χ0) is 11.3. The van der Waals surface area contributed by atoms with Crippen LogP contribution in [0.15, 0.2) is 18.2 Å². The summed E-state index contributed by atoms with van der Waals surface area (Å²) in [4.78, 5) is 11.6. The maximum atomic E-state index is 11.6. The molecular weight excluding hydrogens is 232 g/mol. The van der Waals surface area contributed by atoms with Crippen LogP contribution in [0.3, 0.4) is 0 Å². The minimum atomic E-state index is -0.179. The number of benzene rings is 1. The lowest BCUT2D eigenvalue weighted by Gasteiger charge is -2.07. The van der Waals surface area contributed by atoms with E-state index in [0.29, 0.717) is 22.8 Å². The monoisotopic (exact) mass is 244 g/mol. The number of hydrogen-bond donors (Lipinski definition) is 2. The third-order valence-electron chi connectivity index (χ3n) is 1.86. The number of nitrogen functional groups attached to an aromatic ring is 1. The van der Waals surface area contributed by atoms with Crippen LogP contribution in [0.25, 0.3) is 0 Å². The zero-order valence-corrected chi connectivity index (χ0v) is 9.99. The molecule has 1 amide bonds. The van der Waals surface area contributed by atoms with E-state index in [0.717, 1.165) is 5.75 Å². The third-order valence-corrected chi connectivity index (χ3v) is 2.90. The SMILES string of the molecule is CSCCNC(=O)c1cccc(N)c1Cl. The Morgan fingerprint density at radius 1 is 1.60 bits per heavy atom. The lowest BCUT2D eigenvalue weighted by Crippen LogP contribution is -2.26. The van der Waals surface area contributed by atoms with Crippen molar-refractivity contribution in [2.24, 2.45) is 0 Å². The van der Waals surface area contributed by atoms with Crippen molar-refractivity contribution in [1.29, 1.82) is 0 Å². The Hall–Kier alpha value is -0.870. The van der Waals surface area contributed by atoms with Crippen molar-refractivity contribution in [3.63, 3.8) is 0 Å². The molecule has 0 atom stereocenters. The van der Waals surface area contributed by atoms with Crippen molar-refractivity contribution >= 4 is 35.0 Å². The Balaban J connectivity index is 2.69. The van der Waals surface area contributed by atoms with E-state index in [1.165, 1.54) is 0 Å². The topological polar surface area (TPSA) is 55.1 Å². The Labute approximate surface area is 98.4 Å². The number of carbonyl (C=O) groups is 1. The van der Waals surface area contributed by atoms with Crippen LogP contribution in [0.4, 0.5) is 5.69 Å². The molecule has 82 valence electrons. The number of thioether (sulfide) groups is 1. The normalized spacial score (nSPS) is 10.0. The molecular formula is C10H13ClN2OS. The molecule has 0 aliphatic heterocycles. The average molecular weight is 245 g/mol. The summed E-state index contributed by atoms with van der Waals surface area (Å²) in [5.74, 6) is 0.701. The van der Waals surface area contributed by atoms with E-state index in [9.17, 15) is 4.79 Å². The van der Waals surface area contributed by atoms with Gasteiger partial charge in [0.05, 0.1) is 16.3 Å². The minimum Gasteiger partial charge on any atom is -0.398 e. The molecule has 5 heteroatoms. The van der Waals surface area contributed by atoms with Gasteiger partial charge in [-0.15, -0.1) is 0 Å². The smallest absolute Gasteiger partial charge is 0.252 e. The molecule has 1 aromatic rings. The summed E-state index contributed by atoms with van der Waals surface area (Å²) in [5.41, 5.74) is 6.45. The molecule has 3 nitrogen and oxygen atoms in total. The molecule has 0 saturated carbocycles. The van der Waals surface area contributed by atoms with Crippen LogP contribution in [-0.4, -0.2) is 24.5 Å². The fourth-order valence-corrected chi connectivity index (χ4v) is 1.61. The maximum Gasteiger partial charge on any atom is 0.252 e. The molecule has 0 heterocycles. The Kier molecular flexibility index (Phi) is 4.78. The first-order valence-corrected chi connectivity index (χ1v) is 6.25. The number of rotatable bonds is 4. The van der Waals surface area contributed by atoms with Crippen molar-refractivity contribution in [2.75, 3.05) is 24.3 Å². The summed E-state index contributed by atoms with van der Waals surface area (Å²) in [6, 6.07) is 5.04. The number of hydrogen-bond acceptors (Lipinski definition) is 3. The van der Waals surface area contributed by atoms with Gasteiger partial charge in [0.25, 0.3) is 5.91 Å². The molecule has 0 aromatic heterocycles. The number of halogens is 1. The van der Waals surface area contributed by atoms with E-state index in [4.69, 9.17) is 17.3 Å². The van der Waals surface area contributed by atoms with Crippen LogP contribution in [0.5, 0.6) is 0 Å². The number of nitrogens with two attached hydrogens (primary N) is 1. The van der Waals surface area contributed by atoms with Crippen molar-refractivity contribution in [3.8, 4) is 0 Å². The first-order valence-electron chi connectivity index (χ1n) is 4.48. The summed E-state index contributed by atoms with van der Waals surface area (Å²) in [6.07, 6.45) is 1.99. The summed E-state index contributed by atoms with van der Waals surface area (Å²) < 4.78 is 0. The van der Waals surface area contributed by atoms with Gasteiger partial charge in [-0.3, -0.25) is 4.79 Å². The van der Waals surface area contributed by atoms with Crippen molar-refractivity contribution in [3.05, 3.63) is 28.8 Å². The molecule has 3 N–H and O–H groups in total. The zero-order valence-electron chi connectivity index (χ0n) is 8.42. The van der Waals surface area contributed by atoms with E-state index in [1.807, 2.05) is 6.26 Å².